The van der Waals surface area contributed by atoms with Crippen molar-refractivity contribution in [1.29, 1.82) is 0 Å². The van der Waals surface area contributed by atoms with E-state index in [1.165, 1.54) is 38.5 Å². The van der Waals surface area contributed by atoms with Crippen molar-refractivity contribution in [2.24, 2.45) is 0 Å². The van der Waals surface area contributed by atoms with Crippen LogP contribution in [0, 0.1) is 0 Å². The van der Waals surface area contributed by atoms with Crippen LogP contribution >= 0.6 is 0 Å². The first-order valence-corrected chi connectivity index (χ1v) is 13.5. The Balaban J connectivity index is 1.84. The lowest BCUT2D eigenvalue weighted by Crippen LogP contribution is -2.68. The Bertz CT molecular complexity index is 604. The Morgan fingerprint density at radius 1 is 0.515 bits per heavy atom. The van der Waals surface area contributed by atoms with E-state index < -0.39 is 0 Å². The molecule has 3 heterocycles. The molecule has 0 saturated carbocycles. The van der Waals surface area contributed by atoms with Crippen LogP contribution in [-0.2, 0) is 0 Å². The Hall–Kier alpha value is -0.200. The van der Waals surface area contributed by atoms with Gasteiger partial charge in [-0.05, 0) is 122 Å². The van der Waals surface area contributed by atoms with E-state index in [4.69, 9.17) is 0 Å². The number of piperidine rings is 3. The monoisotopic (exact) mass is 463 g/mol. The lowest BCUT2D eigenvalue weighted by Gasteiger charge is -2.55. The van der Waals surface area contributed by atoms with E-state index in [0.717, 1.165) is 6.67 Å². The zero-order chi connectivity index (χ0) is 25.1. The van der Waals surface area contributed by atoms with E-state index in [1.807, 2.05) is 0 Å². The Kier molecular flexibility index (Phi) is 7.24. The van der Waals surface area contributed by atoms with E-state index in [2.05, 4.69) is 109 Å². The highest BCUT2D eigenvalue weighted by Crippen LogP contribution is 2.38. The minimum atomic E-state index is 0.154. The van der Waals surface area contributed by atoms with Crippen molar-refractivity contribution in [1.82, 2.24) is 26.2 Å². The van der Waals surface area contributed by atoms with Crippen molar-refractivity contribution in [3.05, 3.63) is 0 Å². The quantitative estimate of drug-likeness (QED) is 0.443. The summed E-state index contributed by atoms with van der Waals surface area (Å²) >= 11 is 0. The molecule has 194 valence electrons. The van der Waals surface area contributed by atoms with Crippen LogP contribution < -0.4 is 21.3 Å². The Morgan fingerprint density at radius 2 is 0.788 bits per heavy atom. The van der Waals surface area contributed by atoms with Gasteiger partial charge in [0.25, 0.3) is 0 Å². The molecule has 0 atom stereocenters. The van der Waals surface area contributed by atoms with Crippen molar-refractivity contribution in [2.75, 3.05) is 6.67 Å². The van der Waals surface area contributed by atoms with Crippen molar-refractivity contribution in [2.45, 2.75) is 173 Å². The average molecular weight is 464 g/mol. The van der Waals surface area contributed by atoms with E-state index in [1.54, 1.807) is 0 Å². The van der Waals surface area contributed by atoms with Gasteiger partial charge in [-0.3, -0.25) is 4.90 Å². The van der Waals surface area contributed by atoms with E-state index in [0.29, 0.717) is 18.1 Å². The van der Waals surface area contributed by atoms with Crippen molar-refractivity contribution in [3.63, 3.8) is 0 Å². The Morgan fingerprint density at radius 3 is 1.09 bits per heavy atom. The minimum absolute atomic E-state index is 0.154. The average Bonchev–Trinajstić information content (AvgIpc) is 2.45. The van der Waals surface area contributed by atoms with Gasteiger partial charge >= 0.3 is 0 Å². The van der Waals surface area contributed by atoms with Crippen LogP contribution in [0.25, 0.3) is 0 Å². The molecule has 0 bridgehead atoms. The maximum Gasteiger partial charge on any atom is 0.0488 e. The number of nitrogens with zero attached hydrogens (tertiary/aromatic N) is 1. The highest BCUT2D eigenvalue weighted by atomic mass is 15.3. The fourth-order valence-electron chi connectivity index (χ4n) is 8.26. The molecule has 5 nitrogen and oxygen atoms in total. The highest BCUT2D eigenvalue weighted by molar-refractivity contribution is 5.06. The topological polar surface area (TPSA) is 51.4 Å². The van der Waals surface area contributed by atoms with Gasteiger partial charge in [0, 0.05) is 58.0 Å². The Labute approximate surface area is 206 Å². The second-order valence-electron chi connectivity index (χ2n) is 15.8. The molecule has 3 saturated heterocycles. The molecule has 0 aromatic heterocycles. The first-order valence-electron chi connectivity index (χ1n) is 13.5. The van der Waals surface area contributed by atoms with Gasteiger partial charge in [0.1, 0.15) is 0 Å². The van der Waals surface area contributed by atoms with Crippen molar-refractivity contribution in [3.8, 4) is 0 Å². The van der Waals surface area contributed by atoms with Crippen LogP contribution in [0.5, 0.6) is 0 Å². The molecule has 0 aliphatic carbocycles. The predicted molar refractivity (Wildman–Crippen MR) is 143 cm³/mol. The number of hydrogen-bond donors (Lipinski definition) is 4. The van der Waals surface area contributed by atoms with Gasteiger partial charge in [-0.2, -0.15) is 0 Å². The third-order valence-electron chi connectivity index (χ3n) is 8.03. The summed E-state index contributed by atoms with van der Waals surface area (Å²) in [4.78, 5) is 2.89. The van der Waals surface area contributed by atoms with E-state index in [9.17, 15) is 0 Å². The van der Waals surface area contributed by atoms with E-state index in [-0.39, 0.29) is 33.2 Å². The van der Waals surface area contributed by atoms with Gasteiger partial charge in [-0.15, -0.1) is 0 Å². The van der Waals surface area contributed by atoms with Gasteiger partial charge in [0.05, 0.1) is 0 Å². The molecular weight excluding hydrogens is 406 g/mol. The standard InChI is InChI=1S/C28H57N5/c1-23(2)13-20(14-24(3,4)30-23)29-19-33(21-15-25(5,6)31-26(7,8)16-21)22-17-27(9,10)32-28(11,12)18-22/h20-22,29-32H,13-19H2,1-12H3. The van der Waals surface area contributed by atoms with Gasteiger partial charge < -0.3 is 21.3 Å². The first kappa shape index (κ1) is 27.4. The van der Waals surface area contributed by atoms with Gasteiger partial charge in [-0.1, -0.05) is 0 Å². The molecule has 0 aromatic rings. The summed E-state index contributed by atoms with van der Waals surface area (Å²) in [6, 6.07) is 1.71. The molecule has 0 amide bonds. The third kappa shape index (κ3) is 7.64. The zero-order valence-electron chi connectivity index (χ0n) is 24.1. The van der Waals surface area contributed by atoms with Crippen LogP contribution in [0.3, 0.4) is 0 Å². The highest BCUT2D eigenvalue weighted by Gasteiger charge is 2.46. The summed E-state index contributed by atoms with van der Waals surface area (Å²) in [5.41, 5.74) is 0.953. The summed E-state index contributed by atoms with van der Waals surface area (Å²) in [7, 11) is 0. The van der Waals surface area contributed by atoms with Gasteiger partial charge in [-0.25, -0.2) is 0 Å². The van der Waals surface area contributed by atoms with Crippen LogP contribution in [0.2, 0.25) is 0 Å². The van der Waals surface area contributed by atoms with Crippen LogP contribution in [-0.4, -0.2) is 62.9 Å². The lowest BCUT2D eigenvalue weighted by atomic mass is 9.75. The maximum atomic E-state index is 4.08. The van der Waals surface area contributed by atoms with Crippen LogP contribution in [0.15, 0.2) is 0 Å². The van der Waals surface area contributed by atoms with Crippen LogP contribution in [0.4, 0.5) is 0 Å². The third-order valence-corrected chi connectivity index (χ3v) is 8.03. The smallest absolute Gasteiger partial charge is 0.0488 e. The summed E-state index contributed by atoms with van der Waals surface area (Å²) in [6.07, 6.45) is 7.16. The molecular formula is C28H57N5. The first-order chi connectivity index (χ1) is 14.7. The molecule has 3 rings (SSSR count). The molecule has 0 radical (unpaired) electrons. The molecule has 3 aliphatic rings. The number of nitrogens with one attached hydrogen (secondary N) is 4. The van der Waals surface area contributed by atoms with E-state index >= 15 is 0 Å². The summed E-state index contributed by atoms with van der Waals surface area (Å²) in [5, 5.41) is 15.8. The molecule has 0 spiro atoms. The fourth-order valence-corrected chi connectivity index (χ4v) is 8.26. The summed E-state index contributed by atoms with van der Waals surface area (Å²) in [5.74, 6) is 0. The minimum Gasteiger partial charge on any atom is -0.307 e. The second kappa shape index (κ2) is 8.73. The number of hydrogen-bond acceptors (Lipinski definition) is 5. The lowest BCUT2D eigenvalue weighted by molar-refractivity contribution is -0.0111. The second-order valence-corrected chi connectivity index (χ2v) is 15.8. The van der Waals surface area contributed by atoms with Crippen LogP contribution in [0.1, 0.15) is 122 Å². The van der Waals surface area contributed by atoms with Gasteiger partial charge in [0.2, 0.25) is 0 Å². The molecule has 5 heteroatoms. The molecule has 3 fully saturated rings. The van der Waals surface area contributed by atoms with Crippen molar-refractivity contribution >= 4 is 0 Å². The molecule has 33 heavy (non-hydrogen) atoms. The molecule has 0 unspecified atom stereocenters. The molecule has 0 aromatic carbocycles. The predicted octanol–water partition coefficient (Wildman–Crippen LogP) is 4.76. The normalized spacial score (nSPS) is 31.5. The largest absolute Gasteiger partial charge is 0.307 e. The van der Waals surface area contributed by atoms with Crippen molar-refractivity contribution < 1.29 is 0 Å². The maximum absolute atomic E-state index is 4.08. The number of rotatable bonds is 5. The zero-order valence-corrected chi connectivity index (χ0v) is 24.1. The summed E-state index contributed by atoms with van der Waals surface area (Å²) < 4.78 is 0. The molecule has 3 aliphatic heterocycles. The fraction of sp³-hybridized carbons (Fsp3) is 1.00. The van der Waals surface area contributed by atoms with Gasteiger partial charge in [0.15, 0.2) is 0 Å². The molecule has 4 N–H and O–H groups in total. The summed E-state index contributed by atoms with van der Waals surface area (Å²) in [6.45, 7) is 29.5. The SMILES string of the molecule is CC1(C)CC(NCN(C2CC(C)(C)NC(C)(C)C2)C2CC(C)(C)NC(C)(C)C2)CC(C)(C)N1.